The fourth-order valence-electron chi connectivity index (χ4n) is 6.04. The number of aliphatic hydroxyl groups is 1. The van der Waals surface area contributed by atoms with E-state index < -0.39 is 11.8 Å². The second-order valence-corrected chi connectivity index (χ2v) is 7.97. The lowest BCUT2D eigenvalue weighted by atomic mass is 9.74. The minimum Gasteiger partial charge on any atom is -0.497 e. The average Bonchev–Trinajstić information content (AvgIpc) is 3.23. The van der Waals surface area contributed by atoms with Crippen molar-refractivity contribution in [2.24, 2.45) is 29.6 Å². The highest BCUT2D eigenvalue weighted by atomic mass is 16.6. The SMILES string of the molecule is COc1ccc(N2C(=O)[C@@H]3[C@H]4C[C@H]5[C@H](O[C@]2(C(C)C)[C@@H]53)[C@H]4O)cc1. The number of nitrogens with zero attached hydrogens (tertiary/aromatic N) is 1. The van der Waals surface area contributed by atoms with Crippen LogP contribution in [0.3, 0.4) is 0 Å². The number of benzene rings is 1. The van der Waals surface area contributed by atoms with Crippen molar-refractivity contribution in [3.8, 4) is 5.75 Å². The minimum atomic E-state index is -0.627. The summed E-state index contributed by atoms with van der Waals surface area (Å²) in [5.41, 5.74) is 0.233. The number of carbonyl (C=O) groups excluding carboxylic acids is 1. The quantitative estimate of drug-likeness (QED) is 0.922. The number of fused-ring (bicyclic) bond motifs is 2. The summed E-state index contributed by atoms with van der Waals surface area (Å²) in [6.07, 6.45) is 0.323. The number of carbonyl (C=O) groups is 1. The summed E-state index contributed by atoms with van der Waals surface area (Å²) in [5, 5.41) is 10.6. The molecule has 1 aromatic carbocycles. The molecule has 2 heterocycles. The summed E-state index contributed by atoms with van der Waals surface area (Å²) < 4.78 is 11.7. The molecule has 128 valence electrons. The molecule has 4 aliphatic rings. The zero-order valence-corrected chi connectivity index (χ0v) is 14.2. The summed E-state index contributed by atoms with van der Waals surface area (Å²) in [5.74, 6) is 1.51. The molecular formula is C19H23NO4. The Morgan fingerprint density at radius 1 is 1.29 bits per heavy atom. The fourth-order valence-corrected chi connectivity index (χ4v) is 6.04. The van der Waals surface area contributed by atoms with Gasteiger partial charge in [-0.15, -0.1) is 0 Å². The lowest BCUT2D eigenvalue weighted by molar-refractivity contribution is -0.136. The molecule has 4 fully saturated rings. The van der Waals surface area contributed by atoms with Gasteiger partial charge >= 0.3 is 0 Å². The van der Waals surface area contributed by atoms with Gasteiger partial charge in [-0.2, -0.15) is 0 Å². The molecule has 24 heavy (non-hydrogen) atoms. The molecule has 1 N–H and O–H groups in total. The molecule has 2 saturated carbocycles. The van der Waals surface area contributed by atoms with Gasteiger partial charge in [0.2, 0.25) is 5.91 Å². The summed E-state index contributed by atoms with van der Waals surface area (Å²) in [6, 6.07) is 7.63. The first kappa shape index (κ1) is 14.7. The standard InChI is InChI=1S/C19H23NO4/c1-9(2)19-15-13-8-12(16(21)17(13)24-19)14(15)18(22)20(19)10-4-6-11(23-3)7-5-10/h4-7,9,12-17,21H,8H2,1-3H3/t12-,13-,14-,15+,16+,17+,19-/m1/s1. The topological polar surface area (TPSA) is 59.0 Å². The van der Waals surface area contributed by atoms with Gasteiger partial charge in [-0.1, -0.05) is 13.8 Å². The molecule has 0 spiro atoms. The first-order valence-electron chi connectivity index (χ1n) is 8.84. The van der Waals surface area contributed by atoms with Crippen molar-refractivity contribution in [2.75, 3.05) is 12.0 Å². The molecule has 2 bridgehead atoms. The largest absolute Gasteiger partial charge is 0.497 e. The van der Waals surface area contributed by atoms with Crippen molar-refractivity contribution in [2.45, 2.75) is 38.2 Å². The predicted molar refractivity (Wildman–Crippen MR) is 87.5 cm³/mol. The zero-order valence-electron chi connectivity index (χ0n) is 14.2. The third-order valence-electron chi connectivity index (χ3n) is 6.87. The number of aliphatic hydroxyl groups excluding tert-OH is 1. The van der Waals surface area contributed by atoms with Crippen molar-refractivity contribution in [1.29, 1.82) is 0 Å². The van der Waals surface area contributed by atoms with Crippen molar-refractivity contribution in [3.05, 3.63) is 24.3 Å². The lowest BCUT2D eigenvalue weighted by Crippen LogP contribution is -2.54. The molecule has 2 saturated heterocycles. The second-order valence-electron chi connectivity index (χ2n) is 7.97. The molecule has 0 unspecified atom stereocenters. The second kappa shape index (κ2) is 4.52. The third kappa shape index (κ3) is 1.43. The average molecular weight is 329 g/mol. The minimum absolute atomic E-state index is 0.0568. The van der Waals surface area contributed by atoms with Gasteiger partial charge in [0.05, 0.1) is 25.2 Å². The van der Waals surface area contributed by atoms with Crippen LogP contribution < -0.4 is 9.64 Å². The maximum atomic E-state index is 13.3. The van der Waals surface area contributed by atoms with E-state index in [1.807, 2.05) is 29.2 Å². The predicted octanol–water partition coefficient (Wildman–Crippen LogP) is 2.04. The van der Waals surface area contributed by atoms with Gasteiger partial charge < -0.3 is 14.6 Å². The molecule has 2 aliphatic carbocycles. The smallest absolute Gasteiger partial charge is 0.233 e. The first-order chi connectivity index (χ1) is 11.5. The van der Waals surface area contributed by atoms with Crippen LogP contribution >= 0.6 is 0 Å². The van der Waals surface area contributed by atoms with Crippen LogP contribution in [0.25, 0.3) is 0 Å². The summed E-state index contributed by atoms with van der Waals surface area (Å²) in [4.78, 5) is 15.2. The summed E-state index contributed by atoms with van der Waals surface area (Å²) >= 11 is 0. The number of anilines is 1. The third-order valence-corrected chi connectivity index (χ3v) is 6.87. The van der Waals surface area contributed by atoms with Gasteiger partial charge in [0.1, 0.15) is 5.75 Å². The van der Waals surface area contributed by atoms with Gasteiger partial charge in [-0.25, -0.2) is 0 Å². The van der Waals surface area contributed by atoms with Crippen LogP contribution in [0, 0.1) is 29.6 Å². The molecule has 5 nitrogen and oxygen atoms in total. The molecule has 1 aromatic rings. The van der Waals surface area contributed by atoms with E-state index in [0.29, 0.717) is 5.92 Å². The molecule has 2 aliphatic heterocycles. The van der Waals surface area contributed by atoms with E-state index in [9.17, 15) is 9.90 Å². The van der Waals surface area contributed by atoms with Crippen LogP contribution in [0.5, 0.6) is 5.75 Å². The number of methoxy groups -OCH3 is 1. The summed E-state index contributed by atoms with van der Waals surface area (Å²) in [6.45, 7) is 4.24. The highest BCUT2D eigenvalue weighted by Gasteiger charge is 2.79. The first-order valence-corrected chi connectivity index (χ1v) is 8.84. The summed E-state index contributed by atoms with van der Waals surface area (Å²) in [7, 11) is 1.63. The van der Waals surface area contributed by atoms with Crippen LogP contribution in [-0.2, 0) is 9.53 Å². The normalized spacial score (nSPS) is 44.9. The highest BCUT2D eigenvalue weighted by Crippen LogP contribution is 2.69. The van der Waals surface area contributed by atoms with Crippen LogP contribution in [-0.4, -0.2) is 36.1 Å². The molecule has 1 amide bonds. The van der Waals surface area contributed by atoms with Crippen molar-refractivity contribution in [1.82, 2.24) is 0 Å². The van der Waals surface area contributed by atoms with Crippen LogP contribution in [0.2, 0.25) is 0 Å². The number of ether oxygens (including phenoxy) is 2. The lowest BCUT2D eigenvalue weighted by Gasteiger charge is -2.42. The Balaban J connectivity index is 1.65. The van der Waals surface area contributed by atoms with Crippen LogP contribution in [0.15, 0.2) is 24.3 Å². The van der Waals surface area contributed by atoms with Crippen molar-refractivity contribution in [3.63, 3.8) is 0 Å². The van der Waals surface area contributed by atoms with Gasteiger partial charge in [-0.3, -0.25) is 9.69 Å². The maximum absolute atomic E-state index is 13.3. The Morgan fingerprint density at radius 2 is 2.00 bits per heavy atom. The van der Waals surface area contributed by atoms with E-state index >= 15 is 0 Å². The maximum Gasteiger partial charge on any atom is 0.233 e. The zero-order chi connectivity index (χ0) is 16.8. The monoisotopic (exact) mass is 329 g/mol. The number of rotatable bonds is 3. The Bertz CT molecular complexity index is 702. The molecule has 5 heteroatoms. The van der Waals surface area contributed by atoms with Crippen LogP contribution in [0.4, 0.5) is 5.69 Å². The number of amides is 1. The van der Waals surface area contributed by atoms with E-state index in [1.54, 1.807) is 7.11 Å². The van der Waals surface area contributed by atoms with E-state index in [-0.39, 0.29) is 35.7 Å². The molecule has 0 aromatic heterocycles. The van der Waals surface area contributed by atoms with Gasteiger partial charge in [0, 0.05) is 17.5 Å². The Hall–Kier alpha value is -1.59. The number of hydrogen-bond acceptors (Lipinski definition) is 4. The van der Waals surface area contributed by atoms with E-state index in [2.05, 4.69) is 13.8 Å². The molecular weight excluding hydrogens is 306 g/mol. The van der Waals surface area contributed by atoms with Gasteiger partial charge in [-0.05, 0) is 42.5 Å². The molecule has 7 atom stereocenters. The molecule has 5 rings (SSSR count). The van der Waals surface area contributed by atoms with Crippen molar-refractivity contribution < 1.29 is 19.4 Å². The van der Waals surface area contributed by atoms with Gasteiger partial charge in [0.15, 0.2) is 5.72 Å². The Labute approximate surface area is 141 Å². The van der Waals surface area contributed by atoms with E-state index in [4.69, 9.17) is 9.47 Å². The van der Waals surface area contributed by atoms with E-state index in [1.165, 1.54) is 0 Å². The molecule has 0 radical (unpaired) electrons. The van der Waals surface area contributed by atoms with Crippen LogP contribution in [0.1, 0.15) is 20.3 Å². The number of hydrogen-bond donors (Lipinski definition) is 1. The van der Waals surface area contributed by atoms with Crippen molar-refractivity contribution >= 4 is 11.6 Å². The van der Waals surface area contributed by atoms with Gasteiger partial charge in [0.25, 0.3) is 0 Å². The Morgan fingerprint density at radius 3 is 2.62 bits per heavy atom. The highest BCUT2D eigenvalue weighted by molar-refractivity contribution is 6.00. The van der Waals surface area contributed by atoms with E-state index in [0.717, 1.165) is 17.9 Å². The fraction of sp³-hybridized carbons (Fsp3) is 0.632. The Kier molecular flexibility index (Phi) is 2.78.